The molecular formula is C17H29NO2. The van der Waals surface area contributed by atoms with Gasteiger partial charge in [-0.3, -0.25) is 0 Å². The highest BCUT2D eigenvalue weighted by Gasteiger charge is 2.08. The van der Waals surface area contributed by atoms with E-state index in [1.54, 1.807) is 0 Å². The molecule has 0 amide bonds. The van der Waals surface area contributed by atoms with Crippen molar-refractivity contribution in [1.29, 1.82) is 0 Å². The molecule has 1 unspecified atom stereocenters. The summed E-state index contributed by atoms with van der Waals surface area (Å²) in [7, 11) is 0. The molecule has 0 fully saturated rings. The van der Waals surface area contributed by atoms with Crippen molar-refractivity contribution < 1.29 is 9.47 Å². The Morgan fingerprint density at radius 1 is 1.05 bits per heavy atom. The Hall–Kier alpha value is -1.22. The molecule has 0 saturated heterocycles. The topological polar surface area (TPSA) is 30.5 Å². The molecule has 0 aliphatic carbocycles. The van der Waals surface area contributed by atoms with Gasteiger partial charge in [0.15, 0.2) is 11.5 Å². The van der Waals surface area contributed by atoms with Gasteiger partial charge in [-0.15, -0.1) is 0 Å². The summed E-state index contributed by atoms with van der Waals surface area (Å²) < 4.78 is 11.4. The molecule has 1 aromatic carbocycles. The van der Waals surface area contributed by atoms with Crippen LogP contribution in [0.2, 0.25) is 0 Å². The predicted octanol–water partition coefficient (Wildman–Crippen LogP) is 3.88. The average Bonchev–Trinajstić information content (AvgIpc) is 2.48. The molecular weight excluding hydrogens is 250 g/mol. The maximum Gasteiger partial charge on any atom is 0.161 e. The van der Waals surface area contributed by atoms with Crippen molar-refractivity contribution in [2.75, 3.05) is 26.3 Å². The van der Waals surface area contributed by atoms with Crippen molar-refractivity contribution >= 4 is 0 Å². The van der Waals surface area contributed by atoms with Crippen LogP contribution in [0.1, 0.15) is 40.0 Å². The second kappa shape index (κ2) is 10.6. The Morgan fingerprint density at radius 3 is 2.35 bits per heavy atom. The molecule has 20 heavy (non-hydrogen) atoms. The summed E-state index contributed by atoms with van der Waals surface area (Å²) in [6.45, 7) is 10.0. The SMILES string of the molecule is CCCNCC(CC)CCOc1ccccc1OCC. The van der Waals surface area contributed by atoms with Gasteiger partial charge in [0.25, 0.3) is 0 Å². The summed E-state index contributed by atoms with van der Waals surface area (Å²) in [5.41, 5.74) is 0. The normalized spacial score (nSPS) is 12.2. The third-order valence-corrected chi connectivity index (χ3v) is 3.37. The Morgan fingerprint density at radius 2 is 1.75 bits per heavy atom. The minimum atomic E-state index is 0.666. The quantitative estimate of drug-likeness (QED) is 0.624. The molecule has 114 valence electrons. The highest BCUT2D eigenvalue weighted by molar-refractivity contribution is 5.39. The summed E-state index contributed by atoms with van der Waals surface area (Å²) in [4.78, 5) is 0. The van der Waals surface area contributed by atoms with Gasteiger partial charge in [-0.1, -0.05) is 32.4 Å². The van der Waals surface area contributed by atoms with Crippen LogP contribution >= 0.6 is 0 Å². The van der Waals surface area contributed by atoms with Gasteiger partial charge in [0, 0.05) is 0 Å². The summed E-state index contributed by atoms with van der Waals surface area (Å²) in [5, 5.41) is 3.49. The fourth-order valence-corrected chi connectivity index (χ4v) is 2.11. The van der Waals surface area contributed by atoms with Crippen LogP contribution in [0.25, 0.3) is 0 Å². The number of para-hydroxylation sites is 2. The van der Waals surface area contributed by atoms with Gasteiger partial charge in [-0.2, -0.15) is 0 Å². The smallest absolute Gasteiger partial charge is 0.161 e. The number of hydrogen-bond donors (Lipinski definition) is 1. The number of hydrogen-bond acceptors (Lipinski definition) is 3. The summed E-state index contributed by atoms with van der Waals surface area (Å²) in [5.74, 6) is 2.37. The summed E-state index contributed by atoms with van der Waals surface area (Å²) >= 11 is 0. The highest BCUT2D eigenvalue weighted by atomic mass is 16.5. The molecule has 0 aliphatic heterocycles. The Labute approximate surface area is 123 Å². The van der Waals surface area contributed by atoms with E-state index < -0.39 is 0 Å². The van der Waals surface area contributed by atoms with E-state index in [4.69, 9.17) is 9.47 Å². The first kappa shape index (κ1) is 16.8. The zero-order valence-corrected chi connectivity index (χ0v) is 13.2. The van der Waals surface area contributed by atoms with Gasteiger partial charge in [-0.25, -0.2) is 0 Å². The molecule has 1 N–H and O–H groups in total. The Balaban J connectivity index is 2.35. The minimum absolute atomic E-state index is 0.666. The molecule has 0 aromatic heterocycles. The molecule has 0 spiro atoms. The van der Waals surface area contributed by atoms with Gasteiger partial charge in [0.1, 0.15) is 0 Å². The van der Waals surface area contributed by atoms with Gasteiger partial charge in [-0.05, 0) is 50.9 Å². The number of ether oxygens (including phenoxy) is 2. The fourth-order valence-electron chi connectivity index (χ4n) is 2.11. The second-order valence-electron chi connectivity index (χ2n) is 5.00. The van der Waals surface area contributed by atoms with E-state index in [1.807, 2.05) is 31.2 Å². The van der Waals surface area contributed by atoms with Crippen LogP contribution < -0.4 is 14.8 Å². The van der Waals surface area contributed by atoms with Crippen LogP contribution in [0, 0.1) is 5.92 Å². The summed E-state index contributed by atoms with van der Waals surface area (Å²) in [6, 6.07) is 7.89. The van der Waals surface area contributed by atoms with E-state index in [-0.39, 0.29) is 0 Å². The van der Waals surface area contributed by atoms with Crippen LogP contribution in [0.4, 0.5) is 0 Å². The Kier molecular flexibility index (Phi) is 8.88. The monoisotopic (exact) mass is 279 g/mol. The predicted molar refractivity (Wildman–Crippen MR) is 84.7 cm³/mol. The lowest BCUT2D eigenvalue weighted by Crippen LogP contribution is -2.24. The van der Waals surface area contributed by atoms with Crippen molar-refractivity contribution in [1.82, 2.24) is 5.32 Å². The molecule has 3 nitrogen and oxygen atoms in total. The van der Waals surface area contributed by atoms with E-state index in [0.29, 0.717) is 12.5 Å². The third kappa shape index (κ3) is 6.29. The Bertz CT molecular complexity index is 355. The van der Waals surface area contributed by atoms with Gasteiger partial charge in [0.2, 0.25) is 0 Å². The molecule has 0 heterocycles. The van der Waals surface area contributed by atoms with Crippen molar-refractivity contribution in [3.63, 3.8) is 0 Å². The number of rotatable bonds is 11. The average molecular weight is 279 g/mol. The van der Waals surface area contributed by atoms with E-state index >= 15 is 0 Å². The maximum atomic E-state index is 5.88. The first-order valence-corrected chi connectivity index (χ1v) is 7.87. The van der Waals surface area contributed by atoms with Gasteiger partial charge >= 0.3 is 0 Å². The van der Waals surface area contributed by atoms with Crippen molar-refractivity contribution in [2.24, 2.45) is 5.92 Å². The van der Waals surface area contributed by atoms with Crippen LogP contribution in [-0.4, -0.2) is 26.3 Å². The number of nitrogens with one attached hydrogen (secondary N) is 1. The molecule has 1 rings (SSSR count). The lowest BCUT2D eigenvalue weighted by atomic mass is 10.0. The minimum Gasteiger partial charge on any atom is -0.490 e. The lowest BCUT2D eigenvalue weighted by Gasteiger charge is -2.17. The van der Waals surface area contributed by atoms with Crippen molar-refractivity contribution in [2.45, 2.75) is 40.0 Å². The van der Waals surface area contributed by atoms with E-state index in [2.05, 4.69) is 19.2 Å². The highest BCUT2D eigenvalue weighted by Crippen LogP contribution is 2.26. The maximum absolute atomic E-state index is 5.88. The van der Waals surface area contributed by atoms with Crippen molar-refractivity contribution in [3.05, 3.63) is 24.3 Å². The van der Waals surface area contributed by atoms with Crippen molar-refractivity contribution in [3.8, 4) is 11.5 Å². The van der Waals surface area contributed by atoms with Gasteiger partial charge in [0.05, 0.1) is 13.2 Å². The van der Waals surface area contributed by atoms with E-state index in [1.165, 1.54) is 12.8 Å². The van der Waals surface area contributed by atoms with Crippen LogP contribution in [0.3, 0.4) is 0 Å². The zero-order valence-electron chi connectivity index (χ0n) is 13.2. The van der Waals surface area contributed by atoms with E-state index in [9.17, 15) is 0 Å². The molecule has 0 bridgehead atoms. The molecule has 3 heteroatoms. The zero-order chi connectivity index (χ0) is 14.6. The van der Waals surface area contributed by atoms with Crippen LogP contribution in [0.15, 0.2) is 24.3 Å². The molecule has 1 aromatic rings. The van der Waals surface area contributed by atoms with Gasteiger partial charge < -0.3 is 14.8 Å². The second-order valence-corrected chi connectivity index (χ2v) is 5.00. The van der Waals surface area contributed by atoms with Crippen LogP contribution in [-0.2, 0) is 0 Å². The third-order valence-electron chi connectivity index (χ3n) is 3.37. The molecule has 0 radical (unpaired) electrons. The number of benzene rings is 1. The largest absolute Gasteiger partial charge is 0.490 e. The standard InChI is InChI=1S/C17H29NO2/c1-4-12-18-14-15(5-2)11-13-20-17-10-8-7-9-16(17)19-6-3/h7-10,15,18H,4-6,11-14H2,1-3H3. The lowest BCUT2D eigenvalue weighted by molar-refractivity contribution is 0.250. The van der Waals surface area contributed by atoms with Crippen LogP contribution in [0.5, 0.6) is 11.5 Å². The first-order chi connectivity index (χ1) is 9.81. The first-order valence-electron chi connectivity index (χ1n) is 7.87. The fraction of sp³-hybridized carbons (Fsp3) is 0.647. The molecule has 0 aliphatic rings. The van der Waals surface area contributed by atoms with E-state index in [0.717, 1.165) is 37.6 Å². The summed E-state index contributed by atoms with van der Waals surface area (Å²) in [6.07, 6.45) is 3.45. The molecule has 1 atom stereocenters. The molecule has 0 saturated carbocycles.